The fourth-order valence-corrected chi connectivity index (χ4v) is 6.18. The summed E-state index contributed by atoms with van der Waals surface area (Å²) in [5.74, 6) is 0.841. The molecule has 0 bridgehead atoms. The summed E-state index contributed by atoms with van der Waals surface area (Å²) in [5, 5.41) is 12.6. The van der Waals surface area contributed by atoms with E-state index in [1.165, 1.54) is 5.57 Å². The van der Waals surface area contributed by atoms with Crippen LogP contribution in [0.5, 0.6) is 11.5 Å². The molecule has 7 heteroatoms. The van der Waals surface area contributed by atoms with Gasteiger partial charge in [0.1, 0.15) is 11.5 Å². The number of hydrogen-bond acceptors (Lipinski definition) is 6. The van der Waals surface area contributed by atoms with Gasteiger partial charge in [-0.05, 0) is 89.4 Å². The maximum Gasteiger partial charge on any atom is 0.340 e. The maximum absolute atomic E-state index is 13.2. The van der Waals surface area contributed by atoms with Crippen molar-refractivity contribution in [1.82, 2.24) is 5.32 Å². The Morgan fingerprint density at radius 2 is 1.61 bits per heavy atom. The highest BCUT2D eigenvalue weighted by Gasteiger charge is 2.53. The lowest BCUT2D eigenvalue weighted by Gasteiger charge is -2.37. The van der Waals surface area contributed by atoms with Crippen molar-refractivity contribution in [3.05, 3.63) is 118 Å². The van der Waals surface area contributed by atoms with Gasteiger partial charge in [0, 0.05) is 66.9 Å². The third kappa shape index (κ3) is 7.18. The van der Waals surface area contributed by atoms with Crippen molar-refractivity contribution >= 4 is 17.6 Å². The Labute approximate surface area is 294 Å². The van der Waals surface area contributed by atoms with Crippen molar-refractivity contribution in [3.63, 3.8) is 0 Å². The van der Waals surface area contributed by atoms with Gasteiger partial charge in [-0.3, -0.25) is 4.79 Å². The number of carbonyl (C=O) groups excluding carboxylic acids is 2. The van der Waals surface area contributed by atoms with Crippen LogP contribution in [0.3, 0.4) is 0 Å². The number of nitrogens with one attached hydrogen (secondary N) is 1. The molecular weight excluding hydrogens is 612 g/mol. The molecule has 3 aromatic carbocycles. The van der Waals surface area contributed by atoms with Crippen molar-refractivity contribution in [3.8, 4) is 11.5 Å². The van der Waals surface area contributed by atoms with Crippen molar-refractivity contribution in [1.29, 1.82) is 0 Å². The first-order chi connectivity index (χ1) is 23.1. The van der Waals surface area contributed by atoms with E-state index >= 15 is 0 Å². The van der Waals surface area contributed by atoms with Gasteiger partial charge in [-0.2, -0.15) is 0 Å². The highest BCUT2D eigenvalue weighted by molar-refractivity contribution is 5.97. The molecule has 1 radical (unpaired) electrons. The second-order valence-electron chi connectivity index (χ2n) is 13.6. The van der Waals surface area contributed by atoms with Gasteiger partial charge in [0.25, 0.3) is 0 Å². The van der Waals surface area contributed by atoms with Gasteiger partial charge in [-0.1, -0.05) is 64.1 Å². The molecule has 0 fully saturated rings. The van der Waals surface area contributed by atoms with Gasteiger partial charge < -0.3 is 24.8 Å². The van der Waals surface area contributed by atoms with Crippen molar-refractivity contribution in [2.24, 2.45) is 5.41 Å². The number of benzene rings is 3. The zero-order valence-corrected chi connectivity index (χ0v) is 30.9. The number of aryl methyl sites for hydroxylation is 1. The van der Waals surface area contributed by atoms with E-state index < -0.39 is 11.2 Å². The SMILES string of the molecule is C=C(C)C(=O)NCCc1cc2c(cc1C)Oc1cc(N(CC)CC)ccc1C21OC(=O)c2ccccc21.CC.CC(C)(O)C(C)(C)C1=C[CH]1.[HH]. The molecule has 2 aliphatic heterocycles. The predicted octanol–water partition coefficient (Wildman–Crippen LogP) is 8.84. The Kier molecular flexibility index (Phi) is 11.2. The Hall–Kier alpha value is -4.36. The van der Waals surface area contributed by atoms with Crippen LogP contribution < -0.4 is 15.0 Å². The molecule has 3 aromatic rings. The molecule has 7 nitrogen and oxygen atoms in total. The van der Waals surface area contributed by atoms with Gasteiger partial charge in [0.05, 0.1) is 11.2 Å². The highest BCUT2D eigenvalue weighted by Crippen LogP contribution is 2.57. The number of aliphatic hydroxyl groups is 1. The lowest BCUT2D eigenvalue weighted by atomic mass is 9.75. The van der Waals surface area contributed by atoms with Crippen LogP contribution >= 0.6 is 0 Å². The van der Waals surface area contributed by atoms with Gasteiger partial charge in [-0.15, -0.1) is 0 Å². The summed E-state index contributed by atoms with van der Waals surface area (Å²) in [5.41, 5.74) is 6.04. The first-order valence-electron chi connectivity index (χ1n) is 17.4. The number of esters is 1. The number of hydrogen-bond donors (Lipinski definition) is 2. The minimum absolute atomic E-state index is 0. The molecule has 1 atom stereocenters. The minimum atomic E-state index is -1.11. The van der Waals surface area contributed by atoms with Crippen LogP contribution in [-0.2, 0) is 21.6 Å². The molecule has 2 N–H and O–H groups in total. The number of fused-ring (bicyclic) bond motifs is 6. The van der Waals surface area contributed by atoms with Crippen LogP contribution in [0.25, 0.3) is 0 Å². The van der Waals surface area contributed by atoms with Crippen LogP contribution in [0.1, 0.15) is 102 Å². The molecule has 0 aromatic heterocycles. The number of allylic oxidation sites excluding steroid dienone is 1. The number of anilines is 1. The van der Waals surface area contributed by atoms with Gasteiger partial charge in [0.2, 0.25) is 5.91 Å². The van der Waals surface area contributed by atoms with E-state index in [1.807, 2.05) is 77.1 Å². The Balaban J connectivity index is 0.000000445. The molecule has 1 amide bonds. The second kappa shape index (κ2) is 14.6. The van der Waals surface area contributed by atoms with Crippen molar-refractivity contribution in [2.75, 3.05) is 24.5 Å². The van der Waals surface area contributed by atoms with Gasteiger partial charge >= 0.3 is 5.97 Å². The second-order valence-corrected chi connectivity index (χ2v) is 13.6. The fraction of sp³-hybridized carbons (Fsp3) is 0.405. The zero-order valence-electron chi connectivity index (χ0n) is 30.9. The van der Waals surface area contributed by atoms with Crippen LogP contribution in [-0.4, -0.2) is 42.2 Å². The van der Waals surface area contributed by atoms with E-state index in [2.05, 4.69) is 69.1 Å². The van der Waals surface area contributed by atoms with Crippen LogP contribution in [0, 0.1) is 18.8 Å². The molecule has 1 unspecified atom stereocenters. The van der Waals surface area contributed by atoms with Crippen LogP contribution in [0.2, 0.25) is 0 Å². The van der Waals surface area contributed by atoms with E-state index in [0.29, 0.717) is 35.6 Å². The standard InChI is InChI=1S/C31H32N2O4.C9H15O.C2H6.H2/c1-6-33(7-2)22-12-13-25-28(18-22)36-27-16-20(5)21(14-15-32-29(34)19(3)4)17-26(27)31(25)24-11-9-8-10-23(24)30(35)37-31;1-8(2,7-5-6-7)9(3,4)10;1-2;/h8-13,16-18H,3,6-7,14-15H2,1-2,4-5H3,(H,32,34);5-6,10H,1-4H3;1-2H3;1H. The average Bonchev–Trinajstić information content (AvgIpc) is 3.89. The van der Waals surface area contributed by atoms with Crippen molar-refractivity contribution < 1.29 is 25.6 Å². The first-order valence-corrected chi connectivity index (χ1v) is 17.4. The largest absolute Gasteiger partial charge is 0.456 e. The number of nitrogens with zero attached hydrogens (tertiary/aromatic N) is 1. The van der Waals surface area contributed by atoms with E-state index in [0.717, 1.165) is 46.6 Å². The molecular formula is C42H55N2O5. The predicted molar refractivity (Wildman–Crippen MR) is 200 cm³/mol. The minimum Gasteiger partial charge on any atom is -0.456 e. The Morgan fingerprint density at radius 1 is 0.980 bits per heavy atom. The average molecular weight is 668 g/mol. The normalized spacial score (nSPS) is 16.6. The molecule has 1 aliphatic carbocycles. The summed E-state index contributed by atoms with van der Waals surface area (Å²) in [6.45, 7) is 25.7. The van der Waals surface area contributed by atoms with E-state index in [4.69, 9.17) is 9.47 Å². The molecule has 1 spiro atoms. The lowest BCUT2D eigenvalue weighted by Crippen LogP contribution is -2.38. The topological polar surface area (TPSA) is 88.1 Å². The number of rotatable bonds is 9. The van der Waals surface area contributed by atoms with Crippen LogP contribution in [0.4, 0.5) is 5.69 Å². The number of carbonyl (C=O) groups is 2. The lowest BCUT2D eigenvalue weighted by molar-refractivity contribution is -0.117. The fourth-order valence-electron chi connectivity index (χ4n) is 6.18. The van der Waals surface area contributed by atoms with Crippen molar-refractivity contribution in [2.45, 2.75) is 86.9 Å². The summed E-state index contributed by atoms with van der Waals surface area (Å²) in [7, 11) is 0. The molecule has 2 heterocycles. The van der Waals surface area contributed by atoms with E-state index in [1.54, 1.807) is 6.92 Å². The molecule has 3 aliphatic rings. The summed E-state index contributed by atoms with van der Waals surface area (Å²) in [4.78, 5) is 27.4. The Morgan fingerprint density at radius 3 is 2.18 bits per heavy atom. The third-order valence-corrected chi connectivity index (χ3v) is 9.93. The molecule has 0 saturated carbocycles. The molecule has 49 heavy (non-hydrogen) atoms. The van der Waals surface area contributed by atoms with Gasteiger partial charge in [-0.25, -0.2) is 4.79 Å². The molecule has 6 rings (SSSR count). The Bertz CT molecular complexity index is 1770. The monoisotopic (exact) mass is 667 g/mol. The van der Waals surface area contributed by atoms with E-state index in [-0.39, 0.29) is 18.7 Å². The third-order valence-electron chi connectivity index (χ3n) is 9.93. The number of amides is 1. The quantitative estimate of drug-likeness (QED) is 0.175. The highest BCUT2D eigenvalue weighted by atomic mass is 16.6. The maximum atomic E-state index is 13.2. The summed E-state index contributed by atoms with van der Waals surface area (Å²) >= 11 is 0. The zero-order chi connectivity index (χ0) is 36.3. The molecule has 0 saturated heterocycles. The smallest absolute Gasteiger partial charge is 0.340 e. The first kappa shape index (κ1) is 37.5. The van der Waals surface area contributed by atoms with E-state index in [9.17, 15) is 14.7 Å². The van der Waals surface area contributed by atoms with Crippen LogP contribution in [0.15, 0.2) is 78.4 Å². The summed E-state index contributed by atoms with van der Waals surface area (Å²) in [6, 6.07) is 17.8. The van der Waals surface area contributed by atoms with Gasteiger partial charge in [0.15, 0.2) is 5.60 Å². The summed E-state index contributed by atoms with van der Waals surface area (Å²) in [6.07, 6.45) is 4.73. The summed E-state index contributed by atoms with van der Waals surface area (Å²) < 4.78 is 12.8. The molecule has 263 valence electrons. The number of ether oxygens (including phenoxy) is 2.